The molecular formula is C24H19F2N3O. The summed E-state index contributed by atoms with van der Waals surface area (Å²) in [6, 6.07) is 15.9. The van der Waals surface area contributed by atoms with Gasteiger partial charge in [-0.25, -0.2) is 13.8 Å². The molecule has 0 saturated heterocycles. The highest BCUT2D eigenvalue weighted by Gasteiger charge is 2.25. The lowest BCUT2D eigenvalue weighted by Crippen LogP contribution is -2.27. The number of hydrogen-bond donors (Lipinski definition) is 2. The molecule has 0 bridgehead atoms. The lowest BCUT2D eigenvalue weighted by atomic mass is 10.0. The van der Waals surface area contributed by atoms with Crippen LogP contribution in [0.1, 0.15) is 45.9 Å². The number of aromatic amines is 1. The Morgan fingerprint density at radius 1 is 1.10 bits per heavy atom. The van der Waals surface area contributed by atoms with Crippen molar-refractivity contribution in [1.29, 1.82) is 0 Å². The van der Waals surface area contributed by atoms with Gasteiger partial charge in [0, 0.05) is 28.9 Å². The van der Waals surface area contributed by atoms with Gasteiger partial charge in [0.05, 0.1) is 6.04 Å². The van der Waals surface area contributed by atoms with Gasteiger partial charge in [-0.2, -0.15) is 0 Å². The average Bonchev–Trinajstić information content (AvgIpc) is 3.40. The Kier molecular flexibility index (Phi) is 4.54. The summed E-state index contributed by atoms with van der Waals surface area (Å²) in [6.45, 7) is 0. The first-order chi connectivity index (χ1) is 14.6. The number of benzene rings is 2. The zero-order valence-electron chi connectivity index (χ0n) is 16.0. The number of alkyl halides is 2. The monoisotopic (exact) mass is 403 g/mol. The van der Waals surface area contributed by atoms with Gasteiger partial charge in [-0.05, 0) is 65.4 Å². The largest absolute Gasteiger partial charge is 0.346 e. The molecule has 2 aromatic heterocycles. The third-order valence-electron chi connectivity index (χ3n) is 5.72. The maximum absolute atomic E-state index is 12.9. The molecule has 2 N–H and O–H groups in total. The van der Waals surface area contributed by atoms with Crippen LogP contribution in [0.2, 0.25) is 0 Å². The van der Waals surface area contributed by atoms with Crippen LogP contribution in [-0.4, -0.2) is 15.9 Å². The first kappa shape index (κ1) is 18.5. The van der Waals surface area contributed by atoms with Crippen molar-refractivity contribution in [2.75, 3.05) is 0 Å². The summed E-state index contributed by atoms with van der Waals surface area (Å²) in [5, 5.41) is 4.07. The number of fused-ring (bicyclic) bond motifs is 2. The minimum absolute atomic E-state index is 0.0314. The Bertz CT molecular complexity index is 1230. The molecule has 0 radical (unpaired) electrons. The van der Waals surface area contributed by atoms with Gasteiger partial charge in [0.25, 0.3) is 12.3 Å². The number of aromatic nitrogens is 2. The molecule has 1 amide bonds. The number of pyridine rings is 1. The predicted molar refractivity (Wildman–Crippen MR) is 111 cm³/mol. The van der Waals surface area contributed by atoms with Gasteiger partial charge >= 0.3 is 0 Å². The van der Waals surface area contributed by atoms with Crippen molar-refractivity contribution < 1.29 is 13.6 Å². The second kappa shape index (κ2) is 7.37. The second-order valence-electron chi connectivity index (χ2n) is 7.50. The molecule has 1 aliphatic rings. The van der Waals surface area contributed by atoms with Gasteiger partial charge in [0.1, 0.15) is 5.65 Å². The Morgan fingerprint density at radius 3 is 2.73 bits per heavy atom. The van der Waals surface area contributed by atoms with Crippen LogP contribution in [0.3, 0.4) is 0 Å². The molecule has 1 aliphatic carbocycles. The van der Waals surface area contributed by atoms with Gasteiger partial charge < -0.3 is 10.3 Å². The molecule has 0 spiro atoms. The summed E-state index contributed by atoms with van der Waals surface area (Å²) >= 11 is 0. The number of carbonyl (C=O) groups is 1. The smallest absolute Gasteiger partial charge is 0.263 e. The summed E-state index contributed by atoms with van der Waals surface area (Å²) in [5.74, 6) is -0.168. The minimum atomic E-state index is -2.48. The van der Waals surface area contributed by atoms with E-state index in [4.69, 9.17) is 0 Å². The average molecular weight is 403 g/mol. The lowest BCUT2D eigenvalue weighted by molar-refractivity contribution is 0.0936. The van der Waals surface area contributed by atoms with Crippen LogP contribution in [0.4, 0.5) is 8.78 Å². The van der Waals surface area contributed by atoms with Gasteiger partial charge in [0.15, 0.2) is 0 Å². The molecular weight excluding hydrogens is 384 g/mol. The van der Waals surface area contributed by atoms with Crippen LogP contribution in [-0.2, 0) is 6.42 Å². The van der Waals surface area contributed by atoms with Crippen LogP contribution < -0.4 is 5.32 Å². The van der Waals surface area contributed by atoms with E-state index >= 15 is 0 Å². The Labute approximate surface area is 172 Å². The van der Waals surface area contributed by atoms with Crippen molar-refractivity contribution in [1.82, 2.24) is 15.3 Å². The Hall–Kier alpha value is -3.54. The van der Waals surface area contributed by atoms with Crippen molar-refractivity contribution in [2.24, 2.45) is 0 Å². The van der Waals surface area contributed by atoms with E-state index in [1.165, 1.54) is 6.07 Å². The third kappa shape index (κ3) is 3.24. The van der Waals surface area contributed by atoms with Gasteiger partial charge in [-0.1, -0.05) is 24.3 Å². The number of rotatable bonds is 4. The second-order valence-corrected chi connectivity index (χ2v) is 7.50. The molecule has 30 heavy (non-hydrogen) atoms. The number of H-pyrrole nitrogens is 1. The molecule has 150 valence electrons. The highest BCUT2D eigenvalue weighted by molar-refractivity contribution is 5.96. The molecule has 1 atom stereocenters. The molecule has 2 aromatic carbocycles. The highest BCUT2D eigenvalue weighted by atomic mass is 19.3. The Morgan fingerprint density at radius 2 is 1.93 bits per heavy atom. The van der Waals surface area contributed by atoms with E-state index in [9.17, 15) is 13.6 Å². The van der Waals surface area contributed by atoms with Gasteiger partial charge in [0.2, 0.25) is 0 Å². The van der Waals surface area contributed by atoms with E-state index in [1.807, 2.05) is 30.5 Å². The van der Waals surface area contributed by atoms with E-state index in [0.717, 1.165) is 33.3 Å². The highest BCUT2D eigenvalue weighted by Crippen LogP contribution is 2.34. The normalized spacial score (nSPS) is 15.5. The standard InChI is InChI=1S/C24H19F2N3O/c25-22(26)17-5-7-19-16(13-17)6-8-21(19)29-24(30)15-3-1-14(2-4-15)18-9-11-27-23-20(18)10-12-28-23/h1-5,7,9-13,21-22H,6,8H2,(H,27,28)(H,29,30). The molecule has 6 heteroatoms. The molecule has 4 aromatic rings. The zero-order chi connectivity index (χ0) is 20.7. The minimum Gasteiger partial charge on any atom is -0.346 e. The van der Waals surface area contributed by atoms with E-state index < -0.39 is 6.43 Å². The number of hydrogen-bond acceptors (Lipinski definition) is 2. The predicted octanol–water partition coefficient (Wildman–Crippen LogP) is 5.58. The molecule has 5 rings (SSSR count). The van der Waals surface area contributed by atoms with Crippen LogP contribution in [0.25, 0.3) is 22.2 Å². The quantitative estimate of drug-likeness (QED) is 0.467. The van der Waals surface area contributed by atoms with Crippen molar-refractivity contribution in [3.8, 4) is 11.1 Å². The maximum Gasteiger partial charge on any atom is 0.263 e. The lowest BCUT2D eigenvalue weighted by Gasteiger charge is -2.15. The van der Waals surface area contributed by atoms with Crippen molar-refractivity contribution in [2.45, 2.75) is 25.3 Å². The summed E-state index contributed by atoms with van der Waals surface area (Å²) in [6.07, 6.45) is 2.54. The van der Waals surface area contributed by atoms with E-state index in [-0.39, 0.29) is 17.5 Å². The number of carbonyl (C=O) groups excluding carboxylic acids is 1. The van der Waals surface area contributed by atoms with E-state index in [2.05, 4.69) is 15.3 Å². The zero-order valence-corrected chi connectivity index (χ0v) is 16.0. The van der Waals surface area contributed by atoms with Crippen LogP contribution in [0, 0.1) is 0 Å². The molecule has 0 aliphatic heterocycles. The first-order valence-electron chi connectivity index (χ1n) is 9.84. The van der Waals surface area contributed by atoms with Gasteiger partial charge in [-0.15, -0.1) is 0 Å². The number of amides is 1. The number of nitrogens with zero attached hydrogens (tertiary/aromatic N) is 1. The maximum atomic E-state index is 12.9. The number of aryl methyl sites for hydroxylation is 1. The van der Waals surface area contributed by atoms with Gasteiger partial charge in [-0.3, -0.25) is 4.79 Å². The number of nitrogens with one attached hydrogen (secondary N) is 2. The summed E-state index contributed by atoms with van der Waals surface area (Å²) in [7, 11) is 0. The molecule has 2 heterocycles. The SMILES string of the molecule is O=C(NC1CCc2cc(C(F)F)ccc21)c1ccc(-c2ccnc3[nH]ccc23)cc1. The molecule has 1 unspecified atom stereocenters. The fourth-order valence-corrected chi connectivity index (χ4v) is 4.18. The summed E-state index contributed by atoms with van der Waals surface area (Å²) in [4.78, 5) is 20.2. The van der Waals surface area contributed by atoms with Crippen molar-refractivity contribution in [3.05, 3.63) is 89.2 Å². The van der Waals surface area contributed by atoms with Crippen LogP contribution in [0.5, 0.6) is 0 Å². The summed E-state index contributed by atoms with van der Waals surface area (Å²) < 4.78 is 25.8. The van der Waals surface area contributed by atoms with E-state index in [0.29, 0.717) is 18.4 Å². The topological polar surface area (TPSA) is 57.8 Å². The third-order valence-corrected chi connectivity index (χ3v) is 5.72. The fourth-order valence-electron chi connectivity index (χ4n) is 4.18. The number of halogens is 2. The Balaban J connectivity index is 1.34. The fraction of sp³-hybridized carbons (Fsp3) is 0.167. The first-order valence-corrected chi connectivity index (χ1v) is 9.84. The molecule has 0 saturated carbocycles. The molecule has 4 nitrogen and oxygen atoms in total. The molecule has 0 fully saturated rings. The van der Waals surface area contributed by atoms with Crippen molar-refractivity contribution in [3.63, 3.8) is 0 Å². The van der Waals surface area contributed by atoms with Crippen LogP contribution >= 0.6 is 0 Å². The van der Waals surface area contributed by atoms with Crippen LogP contribution in [0.15, 0.2) is 67.0 Å². The van der Waals surface area contributed by atoms with E-state index in [1.54, 1.807) is 30.5 Å². The van der Waals surface area contributed by atoms with Crippen molar-refractivity contribution >= 4 is 16.9 Å². The summed E-state index contributed by atoms with van der Waals surface area (Å²) in [5.41, 5.74) is 5.29.